The van der Waals surface area contributed by atoms with E-state index in [1.165, 1.54) is 15.5 Å². The molecule has 1 atom stereocenters. The standard InChI is InChI=1S/C24H25N3O5/c1-25(2)12-7-13-27-20(15-8-5-4-6-9-15)19(22(29)23(27)30)21(28)16-10-11-17-18(14-16)32-24(31)26(17)3/h4-6,8-11,14,20,28H,7,12-13H2,1-3H3/b21-19+/t20-/m1/s1. The Hall–Kier alpha value is -3.65. The van der Waals surface area contributed by atoms with E-state index in [4.69, 9.17) is 4.42 Å². The van der Waals surface area contributed by atoms with Crippen LogP contribution < -0.4 is 5.76 Å². The van der Waals surface area contributed by atoms with Gasteiger partial charge in [-0.1, -0.05) is 30.3 Å². The number of Topliss-reactive ketones (excluding diaryl/α,β-unsaturated/α-hetero) is 1. The maximum atomic E-state index is 13.0. The van der Waals surface area contributed by atoms with Gasteiger partial charge in [0, 0.05) is 19.2 Å². The summed E-state index contributed by atoms with van der Waals surface area (Å²) in [6.45, 7) is 1.14. The van der Waals surface area contributed by atoms with Crippen LogP contribution in [0.1, 0.15) is 23.6 Å². The lowest BCUT2D eigenvalue weighted by molar-refractivity contribution is -0.139. The van der Waals surface area contributed by atoms with Crippen molar-refractivity contribution in [1.82, 2.24) is 14.4 Å². The Morgan fingerprint density at radius 2 is 1.81 bits per heavy atom. The predicted molar refractivity (Wildman–Crippen MR) is 120 cm³/mol. The minimum absolute atomic E-state index is 0.0312. The molecule has 1 aliphatic heterocycles. The number of rotatable bonds is 6. The SMILES string of the molecule is CN(C)CCCN1C(=O)C(=O)/C(=C(/O)c2ccc3c(c2)oc(=O)n3C)[C@H]1c1ccccc1. The van der Waals surface area contributed by atoms with Crippen molar-refractivity contribution in [3.05, 3.63) is 75.8 Å². The molecule has 8 nitrogen and oxygen atoms in total. The van der Waals surface area contributed by atoms with Gasteiger partial charge in [-0.15, -0.1) is 0 Å². The average Bonchev–Trinajstić information content (AvgIpc) is 3.20. The van der Waals surface area contributed by atoms with Crippen LogP contribution in [0, 0.1) is 0 Å². The summed E-state index contributed by atoms with van der Waals surface area (Å²) in [7, 11) is 5.48. The number of likely N-dealkylation sites (tertiary alicyclic amines) is 1. The molecule has 1 N–H and O–H groups in total. The number of aromatic nitrogens is 1. The number of aliphatic hydroxyl groups is 1. The van der Waals surface area contributed by atoms with Crippen LogP contribution in [0.25, 0.3) is 16.9 Å². The van der Waals surface area contributed by atoms with Crippen LogP contribution in [0.4, 0.5) is 0 Å². The molecule has 0 bridgehead atoms. The molecule has 4 rings (SSSR count). The van der Waals surface area contributed by atoms with Gasteiger partial charge in [-0.05, 0) is 50.8 Å². The van der Waals surface area contributed by atoms with Crippen LogP contribution in [0.5, 0.6) is 0 Å². The van der Waals surface area contributed by atoms with E-state index < -0.39 is 23.5 Å². The summed E-state index contributed by atoms with van der Waals surface area (Å²) in [5, 5.41) is 11.2. The largest absolute Gasteiger partial charge is 0.507 e. The summed E-state index contributed by atoms with van der Waals surface area (Å²) in [5.74, 6) is -2.17. The molecule has 0 spiro atoms. The number of carbonyl (C=O) groups excluding carboxylic acids is 2. The van der Waals surface area contributed by atoms with E-state index >= 15 is 0 Å². The fourth-order valence-corrected chi connectivity index (χ4v) is 4.09. The first-order valence-electron chi connectivity index (χ1n) is 10.4. The number of hydrogen-bond acceptors (Lipinski definition) is 6. The molecule has 0 aliphatic carbocycles. The second-order valence-corrected chi connectivity index (χ2v) is 8.17. The first-order valence-corrected chi connectivity index (χ1v) is 10.4. The maximum Gasteiger partial charge on any atom is 0.419 e. The molecule has 1 aliphatic rings. The highest BCUT2D eigenvalue weighted by atomic mass is 16.4. The van der Waals surface area contributed by atoms with Crippen LogP contribution in [0.2, 0.25) is 0 Å². The monoisotopic (exact) mass is 435 g/mol. The van der Waals surface area contributed by atoms with E-state index in [0.29, 0.717) is 24.0 Å². The van der Waals surface area contributed by atoms with Gasteiger partial charge in [-0.3, -0.25) is 14.2 Å². The van der Waals surface area contributed by atoms with Gasteiger partial charge < -0.3 is 19.3 Å². The van der Waals surface area contributed by atoms with Gasteiger partial charge in [0.1, 0.15) is 5.76 Å². The molecular weight excluding hydrogens is 410 g/mol. The second-order valence-electron chi connectivity index (χ2n) is 8.17. The normalized spacial score (nSPS) is 18.2. The topological polar surface area (TPSA) is 96.0 Å². The molecule has 1 aromatic heterocycles. The van der Waals surface area contributed by atoms with E-state index in [2.05, 4.69) is 0 Å². The van der Waals surface area contributed by atoms with Gasteiger partial charge >= 0.3 is 5.76 Å². The third-order valence-corrected chi connectivity index (χ3v) is 5.73. The van der Waals surface area contributed by atoms with Gasteiger partial charge in [0.2, 0.25) is 0 Å². The lowest BCUT2D eigenvalue weighted by Crippen LogP contribution is -2.32. The Morgan fingerprint density at radius 3 is 2.50 bits per heavy atom. The number of amides is 1. The van der Waals surface area contributed by atoms with Crippen molar-refractivity contribution in [2.45, 2.75) is 12.5 Å². The average molecular weight is 435 g/mol. The zero-order valence-corrected chi connectivity index (χ0v) is 18.2. The summed E-state index contributed by atoms with van der Waals surface area (Å²) in [6.07, 6.45) is 0.685. The zero-order valence-electron chi connectivity index (χ0n) is 18.2. The molecule has 166 valence electrons. The number of benzene rings is 2. The molecule has 32 heavy (non-hydrogen) atoms. The number of fused-ring (bicyclic) bond motifs is 1. The Morgan fingerprint density at radius 1 is 1.09 bits per heavy atom. The molecule has 3 aromatic rings. The van der Waals surface area contributed by atoms with E-state index in [9.17, 15) is 19.5 Å². The highest BCUT2D eigenvalue weighted by Gasteiger charge is 2.45. The lowest BCUT2D eigenvalue weighted by atomic mass is 9.95. The number of nitrogens with zero attached hydrogens (tertiary/aromatic N) is 3. The Kier molecular flexibility index (Phi) is 5.71. The van der Waals surface area contributed by atoms with E-state index in [0.717, 1.165) is 12.1 Å². The number of carbonyl (C=O) groups is 2. The number of ketones is 1. The third kappa shape index (κ3) is 3.73. The Balaban J connectivity index is 1.82. The summed E-state index contributed by atoms with van der Waals surface area (Å²) in [6, 6.07) is 13.2. The Labute approximate surface area is 185 Å². The maximum absolute atomic E-state index is 13.0. The number of aryl methyl sites for hydroxylation is 1. The molecule has 1 fully saturated rings. The highest BCUT2D eigenvalue weighted by molar-refractivity contribution is 6.46. The van der Waals surface area contributed by atoms with Crippen molar-refractivity contribution in [2.75, 3.05) is 27.2 Å². The molecular formula is C24H25N3O5. The number of aliphatic hydroxyl groups excluding tert-OH is 1. The summed E-state index contributed by atoms with van der Waals surface area (Å²) >= 11 is 0. The summed E-state index contributed by atoms with van der Waals surface area (Å²) in [5.41, 5.74) is 1.93. The van der Waals surface area contributed by atoms with Crippen molar-refractivity contribution in [2.24, 2.45) is 7.05 Å². The summed E-state index contributed by atoms with van der Waals surface area (Å²) < 4.78 is 6.57. The third-order valence-electron chi connectivity index (χ3n) is 5.73. The van der Waals surface area contributed by atoms with Crippen LogP contribution >= 0.6 is 0 Å². The van der Waals surface area contributed by atoms with Crippen molar-refractivity contribution in [1.29, 1.82) is 0 Å². The van der Waals surface area contributed by atoms with E-state index in [-0.39, 0.29) is 16.9 Å². The summed E-state index contributed by atoms with van der Waals surface area (Å²) in [4.78, 5) is 41.3. The number of hydrogen-bond donors (Lipinski definition) is 1. The van der Waals surface area contributed by atoms with E-state index in [1.807, 2.05) is 49.3 Å². The first-order chi connectivity index (χ1) is 15.3. The van der Waals surface area contributed by atoms with Gasteiger partial charge in [-0.25, -0.2) is 4.79 Å². The van der Waals surface area contributed by atoms with Gasteiger partial charge in [0.15, 0.2) is 5.58 Å². The lowest BCUT2D eigenvalue weighted by Gasteiger charge is -2.26. The molecule has 8 heteroatoms. The van der Waals surface area contributed by atoms with Gasteiger partial charge in [0.05, 0.1) is 17.1 Å². The fraction of sp³-hybridized carbons (Fsp3) is 0.292. The predicted octanol–water partition coefficient (Wildman–Crippen LogP) is 2.50. The van der Waals surface area contributed by atoms with Crippen molar-refractivity contribution in [3.8, 4) is 0 Å². The zero-order chi connectivity index (χ0) is 23.0. The van der Waals surface area contributed by atoms with Crippen LogP contribution in [0.3, 0.4) is 0 Å². The van der Waals surface area contributed by atoms with Gasteiger partial charge in [0.25, 0.3) is 11.7 Å². The van der Waals surface area contributed by atoms with Crippen LogP contribution in [0.15, 0.2) is 63.3 Å². The fourth-order valence-electron chi connectivity index (χ4n) is 4.09. The van der Waals surface area contributed by atoms with Crippen LogP contribution in [-0.2, 0) is 16.6 Å². The minimum atomic E-state index is -0.726. The number of oxazole rings is 1. The first kappa shape index (κ1) is 21.6. The second kappa shape index (κ2) is 8.47. The molecule has 0 unspecified atom stereocenters. The van der Waals surface area contributed by atoms with Crippen LogP contribution in [-0.4, -0.2) is 58.3 Å². The van der Waals surface area contributed by atoms with Crippen molar-refractivity contribution < 1.29 is 19.1 Å². The Bertz CT molecular complexity index is 1270. The quantitative estimate of drug-likeness (QED) is 0.363. The minimum Gasteiger partial charge on any atom is -0.507 e. The smallest absolute Gasteiger partial charge is 0.419 e. The molecule has 0 saturated carbocycles. The molecule has 1 amide bonds. The molecule has 1 saturated heterocycles. The van der Waals surface area contributed by atoms with E-state index in [1.54, 1.807) is 19.2 Å². The van der Waals surface area contributed by atoms with Crippen molar-refractivity contribution >= 4 is 28.5 Å². The van der Waals surface area contributed by atoms with Crippen molar-refractivity contribution in [3.63, 3.8) is 0 Å². The molecule has 0 radical (unpaired) electrons. The molecule has 2 heterocycles. The highest BCUT2D eigenvalue weighted by Crippen LogP contribution is 2.39. The van der Waals surface area contributed by atoms with Gasteiger partial charge in [-0.2, -0.15) is 0 Å². The molecule has 2 aromatic carbocycles.